The molecule has 3 heterocycles. The van der Waals surface area contributed by atoms with Crippen molar-refractivity contribution in [3.05, 3.63) is 89.4 Å². The fourth-order valence-corrected chi connectivity index (χ4v) is 3.67. The topological polar surface area (TPSA) is 134 Å². The number of benzene rings is 1. The lowest BCUT2D eigenvalue weighted by Gasteiger charge is -2.15. The van der Waals surface area contributed by atoms with Crippen LogP contribution >= 0.6 is 0 Å². The second-order valence-electron chi connectivity index (χ2n) is 9.04. The molecule has 4 rings (SSSR count). The molecule has 0 spiro atoms. The Balaban J connectivity index is 1.67. The van der Waals surface area contributed by atoms with Gasteiger partial charge in [-0.2, -0.15) is 5.26 Å². The molecule has 190 valence electrons. The highest BCUT2D eigenvalue weighted by Crippen LogP contribution is 2.29. The number of carbonyl (C=O) groups is 2. The Morgan fingerprint density at radius 1 is 0.974 bits per heavy atom. The first-order chi connectivity index (χ1) is 18.1. The van der Waals surface area contributed by atoms with Crippen molar-refractivity contribution in [1.82, 2.24) is 25.3 Å². The lowest BCUT2D eigenvalue weighted by Crippen LogP contribution is -2.19. The lowest BCUT2D eigenvalue weighted by molar-refractivity contribution is 0.0957. The number of rotatable bonds is 6. The Kier molecular flexibility index (Phi) is 7.21. The van der Waals surface area contributed by atoms with Crippen molar-refractivity contribution in [2.75, 3.05) is 12.4 Å². The van der Waals surface area contributed by atoms with E-state index in [0.29, 0.717) is 33.9 Å². The zero-order valence-electron chi connectivity index (χ0n) is 21.2. The van der Waals surface area contributed by atoms with Crippen molar-refractivity contribution in [2.45, 2.75) is 26.2 Å². The van der Waals surface area contributed by atoms with E-state index in [1.165, 1.54) is 43.7 Å². The highest BCUT2D eigenvalue weighted by atomic mass is 19.1. The number of pyridine rings is 2. The maximum absolute atomic E-state index is 14.9. The van der Waals surface area contributed by atoms with E-state index < -0.39 is 17.1 Å². The fourth-order valence-electron chi connectivity index (χ4n) is 3.67. The molecular weight excluding hydrogens is 485 g/mol. The van der Waals surface area contributed by atoms with Crippen LogP contribution in [0, 0.1) is 24.1 Å². The fraction of sp³-hybridized carbons (Fsp3) is 0.179. The number of amides is 2. The smallest absolute Gasteiger partial charge is 0.269 e. The van der Waals surface area contributed by atoms with Gasteiger partial charge in [0.05, 0.1) is 28.6 Å². The molecule has 0 saturated heterocycles. The van der Waals surface area contributed by atoms with Crippen LogP contribution in [0.2, 0.25) is 0 Å². The molecule has 2 amide bonds. The molecule has 0 unspecified atom stereocenters. The van der Waals surface area contributed by atoms with Crippen LogP contribution < -0.4 is 10.6 Å². The van der Waals surface area contributed by atoms with Gasteiger partial charge < -0.3 is 10.6 Å². The molecule has 0 aliphatic carbocycles. The monoisotopic (exact) mass is 509 g/mol. The summed E-state index contributed by atoms with van der Waals surface area (Å²) in [7, 11) is 1.52. The van der Waals surface area contributed by atoms with E-state index in [1.807, 2.05) is 0 Å². The van der Waals surface area contributed by atoms with E-state index >= 15 is 0 Å². The van der Waals surface area contributed by atoms with Crippen molar-refractivity contribution in [3.63, 3.8) is 0 Å². The zero-order valence-corrected chi connectivity index (χ0v) is 21.2. The first kappa shape index (κ1) is 26.0. The SMILES string of the molecule is CNC(=O)c1cc(-c2ccnc(-c3cc(NC(=O)c4ccnc(C(C)(C)C#N)c4)c(F)cc3C)n2)ccn1. The second-order valence-corrected chi connectivity index (χ2v) is 9.04. The molecule has 0 saturated carbocycles. The molecule has 9 nitrogen and oxygen atoms in total. The maximum atomic E-state index is 14.9. The Labute approximate surface area is 218 Å². The number of hydrogen-bond acceptors (Lipinski definition) is 7. The van der Waals surface area contributed by atoms with E-state index in [2.05, 4.69) is 36.6 Å². The quantitative estimate of drug-likeness (QED) is 0.392. The van der Waals surface area contributed by atoms with Crippen molar-refractivity contribution in [1.29, 1.82) is 5.26 Å². The number of nitrogens with zero attached hydrogens (tertiary/aromatic N) is 5. The van der Waals surface area contributed by atoms with Gasteiger partial charge in [-0.3, -0.25) is 19.6 Å². The normalized spacial score (nSPS) is 10.9. The van der Waals surface area contributed by atoms with Gasteiger partial charge in [0.25, 0.3) is 11.8 Å². The molecule has 0 aliphatic rings. The van der Waals surface area contributed by atoms with Gasteiger partial charge in [0.1, 0.15) is 11.5 Å². The zero-order chi connectivity index (χ0) is 27.4. The predicted octanol–water partition coefficient (Wildman–Crippen LogP) is 4.46. The molecule has 2 N–H and O–H groups in total. The van der Waals surface area contributed by atoms with Gasteiger partial charge >= 0.3 is 0 Å². The highest BCUT2D eigenvalue weighted by molar-refractivity contribution is 6.04. The highest BCUT2D eigenvalue weighted by Gasteiger charge is 2.23. The summed E-state index contributed by atoms with van der Waals surface area (Å²) in [5, 5.41) is 14.5. The minimum absolute atomic E-state index is 0.0478. The number of halogens is 1. The summed E-state index contributed by atoms with van der Waals surface area (Å²) in [6.07, 6.45) is 4.52. The van der Waals surface area contributed by atoms with Gasteiger partial charge in [0.2, 0.25) is 0 Å². The van der Waals surface area contributed by atoms with E-state index in [4.69, 9.17) is 0 Å². The van der Waals surface area contributed by atoms with Gasteiger partial charge in [-0.15, -0.1) is 0 Å². The number of aromatic nitrogens is 4. The molecule has 0 aliphatic heterocycles. The van der Waals surface area contributed by atoms with Gasteiger partial charge in [0, 0.05) is 42.3 Å². The van der Waals surface area contributed by atoms with Crippen LogP contribution in [0.4, 0.5) is 10.1 Å². The van der Waals surface area contributed by atoms with Crippen molar-refractivity contribution >= 4 is 17.5 Å². The van der Waals surface area contributed by atoms with Crippen LogP contribution in [0.25, 0.3) is 22.6 Å². The number of nitriles is 1. The number of anilines is 1. The summed E-state index contributed by atoms with van der Waals surface area (Å²) < 4.78 is 14.9. The molecule has 1 aromatic carbocycles. The Bertz CT molecular complexity index is 1590. The van der Waals surface area contributed by atoms with Gasteiger partial charge in [-0.05, 0) is 68.8 Å². The number of hydrogen-bond donors (Lipinski definition) is 2. The van der Waals surface area contributed by atoms with Crippen LogP contribution in [-0.4, -0.2) is 38.8 Å². The Morgan fingerprint density at radius 2 is 1.71 bits per heavy atom. The molecule has 0 bridgehead atoms. The summed E-state index contributed by atoms with van der Waals surface area (Å²) >= 11 is 0. The van der Waals surface area contributed by atoms with Crippen LogP contribution in [0.3, 0.4) is 0 Å². The molecule has 0 radical (unpaired) electrons. The van der Waals surface area contributed by atoms with Gasteiger partial charge in [-0.1, -0.05) is 0 Å². The first-order valence-electron chi connectivity index (χ1n) is 11.6. The lowest BCUT2D eigenvalue weighted by atomic mass is 9.90. The van der Waals surface area contributed by atoms with E-state index in [-0.39, 0.29) is 22.9 Å². The summed E-state index contributed by atoms with van der Waals surface area (Å²) in [5.74, 6) is -1.18. The summed E-state index contributed by atoms with van der Waals surface area (Å²) in [4.78, 5) is 42.2. The molecular formula is C28H24FN7O2. The van der Waals surface area contributed by atoms with Crippen molar-refractivity contribution in [3.8, 4) is 28.7 Å². The van der Waals surface area contributed by atoms with Crippen LogP contribution in [0.1, 0.15) is 46.0 Å². The largest absolute Gasteiger partial charge is 0.354 e. The minimum Gasteiger partial charge on any atom is -0.354 e. The van der Waals surface area contributed by atoms with E-state index in [0.717, 1.165) is 0 Å². The molecule has 3 aromatic heterocycles. The second kappa shape index (κ2) is 10.5. The summed E-state index contributed by atoms with van der Waals surface area (Å²) in [6, 6.07) is 13.0. The van der Waals surface area contributed by atoms with Crippen molar-refractivity contribution < 1.29 is 14.0 Å². The van der Waals surface area contributed by atoms with E-state index in [9.17, 15) is 19.2 Å². The summed E-state index contributed by atoms with van der Waals surface area (Å²) in [6.45, 7) is 5.11. The minimum atomic E-state index is -0.892. The predicted molar refractivity (Wildman–Crippen MR) is 140 cm³/mol. The van der Waals surface area contributed by atoms with E-state index in [1.54, 1.807) is 45.2 Å². The average Bonchev–Trinajstić information content (AvgIpc) is 2.94. The summed E-state index contributed by atoms with van der Waals surface area (Å²) in [5.41, 5.74) is 2.26. The molecule has 38 heavy (non-hydrogen) atoms. The van der Waals surface area contributed by atoms with Gasteiger partial charge in [0.15, 0.2) is 5.82 Å². The van der Waals surface area contributed by atoms with Crippen molar-refractivity contribution in [2.24, 2.45) is 0 Å². The number of carbonyl (C=O) groups excluding carboxylic acids is 2. The maximum Gasteiger partial charge on any atom is 0.269 e. The van der Waals surface area contributed by atoms with Crippen LogP contribution in [-0.2, 0) is 5.41 Å². The molecule has 0 atom stereocenters. The third kappa shape index (κ3) is 5.37. The molecule has 4 aromatic rings. The Hall–Kier alpha value is -5.04. The first-order valence-corrected chi connectivity index (χ1v) is 11.6. The van der Waals surface area contributed by atoms with Crippen LogP contribution in [0.5, 0.6) is 0 Å². The average molecular weight is 510 g/mol. The van der Waals surface area contributed by atoms with Gasteiger partial charge in [-0.25, -0.2) is 14.4 Å². The molecule has 0 fully saturated rings. The molecule has 10 heteroatoms. The Morgan fingerprint density at radius 3 is 2.45 bits per heavy atom. The third-order valence-electron chi connectivity index (χ3n) is 5.92. The van der Waals surface area contributed by atoms with Crippen LogP contribution in [0.15, 0.2) is 61.1 Å². The number of aryl methyl sites for hydroxylation is 1. The number of nitrogens with one attached hydrogen (secondary N) is 2. The third-order valence-corrected chi connectivity index (χ3v) is 5.92. The standard InChI is InChI=1S/C28H24FN7O2/c1-16-11-20(29)22(36-26(37)18-6-9-33-24(13-18)28(2,3)15-30)14-19(16)25-34-10-7-21(35-25)17-5-8-32-23(12-17)27(38)31-4/h5-14H,1-4H3,(H,31,38)(H,36,37).